The molecule has 1 aromatic carbocycles. The lowest BCUT2D eigenvalue weighted by molar-refractivity contribution is -0.119. The molecule has 7 heteroatoms. The third-order valence-corrected chi connectivity index (χ3v) is 5.42. The number of nitrogens with one attached hydrogen (secondary N) is 2. The number of nitrogens with zero attached hydrogens (tertiary/aromatic N) is 2. The molecule has 0 fully saturated rings. The molecule has 0 unspecified atom stereocenters. The fourth-order valence-corrected chi connectivity index (χ4v) is 3.87. The molecule has 6 nitrogen and oxygen atoms in total. The summed E-state index contributed by atoms with van der Waals surface area (Å²) in [6.07, 6.45) is 4.84. The first-order chi connectivity index (χ1) is 14.5. The summed E-state index contributed by atoms with van der Waals surface area (Å²) in [6.45, 7) is 4.79. The molecule has 0 saturated heterocycles. The Labute approximate surface area is 174 Å². The Hall–Kier alpha value is -3.19. The molecule has 1 aliphatic heterocycles. The van der Waals surface area contributed by atoms with E-state index < -0.39 is 0 Å². The topological polar surface area (TPSA) is 70.2 Å². The molecule has 0 bridgehead atoms. The molecule has 1 amide bonds. The van der Waals surface area contributed by atoms with Gasteiger partial charge in [0.2, 0.25) is 5.91 Å². The number of ether oxygens (including phenoxy) is 1. The average molecular weight is 408 g/mol. The van der Waals surface area contributed by atoms with Gasteiger partial charge in [-0.1, -0.05) is 6.08 Å². The maximum atomic E-state index is 13.9. The first-order valence-corrected chi connectivity index (χ1v) is 10.0. The number of methoxy groups -OCH3 is 1. The van der Waals surface area contributed by atoms with Gasteiger partial charge in [-0.3, -0.25) is 9.69 Å². The monoisotopic (exact) mass is 408 g/mol. The van der Waals surface area contributed by atoms with Crippen molar-refractivity contribution >= 4 is 22.5 Å². The summed E-state index contributed by atoms with van der Waals surface area (Å²) in [5, 5.41) is 3.77. The van der Waals surface area contributed by atoms with Crippen LogP contribution in [0.1, 0.15) is 19.0 Å². The number of halogens is 1. The van der Waals surface area contributed by atoms with Gasteiger partial charge in [0.15, 0.2) is 0 Å². The highest BCUT2D eigenvalue weighted by atomic mass is 19.1. The Bertz CT molecular complexity index is 1110. The maximum Gasteiger partial charge on any atom is 0.216 e. The molecule has 156 valence electrons. The molecular formula is C23H25FN4O2. The van der Waals surface area contributed by atoms with Crippen LogP contribution in [0.2, 0.25) is 0 Å². The third kappa shape index (κ3) is 4.21. The Kier molecular flexibility index (Phi) is 5.81. The molecule has 2 aromatic heterocycles. The van der Waals surface area contributed by atoms with Crippen molar-refractivity contribution in [1.82, 2.24) is 20.2 Å². The minimum atomic E-state index is -0.305. The number of aromatic nitrogens is 2. The molecule has 3 heterocycles. The maximum absolute atomic E-state index is 13.9. The van der Waals surface area contributed by atoms with Crippen molar-refractivity contribution in [1.29, 1.82) is 0 Å². The summed E-state index contributed by atoms with van der Waals surface area (Å²) >= 11 is 0. The van der Waals surface area contributed by atoms with E-state index in [0.717, 1.165) is 48.3 Å². The zero-order valence-corrected chi connectivity index (χ0v) is 17.2. The molecule has 0 saturated carbocycles. The number of carbonyl (C=O) groups excluding carboxylic acids is 1. The number of carbonyl (C=O) groups is 1. The van der Waals surface area contributed by atoms with Gasteiger partial charge in [0.05, 0.1) is 7.11 Å². The fourth-order valence-electron chi connectivity index (χ4n) is 3.87. The number of amides is 1. The average Bonchev–Trinajstić information content (AvgIpc) is 3.18. The minimum absolute atomic E-state index is 0.000418. The molecule has 0 atom stereocenters. The van der Waals surface area contributed by atoms with Gasteiger partial charge in [-0.15, -0.1) is 0 Å². The van der Waals surface area contributed by atoms with Crippen molar-refractivity contribution in [2.75, 3.05) is 33.3 Å². The highest BCUT2D eigenvalue weighted by Gasteiger charge is 2.17. The van der Waals surface area contributed by atoms with Gasteiger partial charge < -0.3 is 15.0 Å². The van der Waals surface area contributed by atoms with E-state index in [0.29, 0.717) is 17.9 Å². The second-order valence-corrected chi connectivity index (χ2v) is 7.41. The van der Waals surface area contributed by atoms with Crippen LogP contribution < -0.4 is 10.1 Å². The standard InChI is InChI=1S/C23H25FN4O2/c1-15(29)25-9-12-28-10-6-16(7-11-28)21-14-20-18(5-8-26-23(20)27-21)19-13-17(24)3-4-22(19)30-2/h3-6,8,13-14H,7,9-12H2,1-2H3,(H,25,29)(H,26,27). The number of hydrogen-bond acceptors (Lipinski definition) is 4. The predicted molar refractivity (Wildman–Crippen MR) is 116 cm³/mol. The molecule has 0 radical (unpaired) electrons. The summed E-state index contributed by atoms with van der Waals surface area (Å²) in [7, 11) is 1.59. The highest BCUT2D eigenvalue weighted by Crippen LogP contribution is 2.36. The van der Waals surface area contributed by atoms with Crippen LogP contribution in [0.25, 0.3) is 27.7 Å². The van der Waals surface area contributed by atoms with Crippen LogP contribution in [0.4, 0.5) is 4.39 Å². The van der Waals surface area contributed by atoms with E-state index in [9.17, 15) is 9.18 Å². The summed E-state index contributed by atoms with van der Waals surface area (Å²) in [5.41, 5.74) is 4.62. The highest BCUT2D eigenvalue weighted by molar-refractivity contribution is 5.96. The summed E-state index contributed by atoms with van der Waals surface area (Å²) in [4.78, 5) is 21.2. The van der Waals surface area contributed by atoms with Gasteiger partial charge in [-0.2, -0.15) is 0 Å². The van der Waals surface area contributed by atoms with Crippen LogP contribution in [0.15, 0.2) is 42.6 Å². The molecule has 3 aromatic rings. The van der Waals surface area contributed by atoms with Crippen LogP contribution in [0.3, 0.4) is 0 Å². The predicted octanol–water partition coefficient (Wildman–Crippen LogP) is 3.60. The van der Waals surface area contributed by atoms with Crippen LogP contribution in [0, 0.1) is 5.82 Å². The van der Waals surface area contributed by atoms with Crippen molar-refractivity contribution in [2.24, 2.45) is 0 Å². The summed E-state index contributed by atoms with van der Waals surface area (Å²) in [6, 6.07) is 8.50. The molecule has 2 N–H and O–H groups in total. The van der Waals surface area contributed by atoms with E-state index in [1.165, 1.54) is 24.6 Å². The first-order valence-electron chi connectivity index (χ1n) is 10.0. The summed E-state index contributed by atoms with van der Waals surface area (Å²) in [5.74, 6) is 0.318. The largest absolute Gasteiger partial charge is 0.496 e. The third-order valence-electron chi connectivity index (χ3n) is 5.42. The van der Waals surface area contributed by atoms with E-state index in [1.807, 2.05) is 6.07 Å². The van der Waals surface area contributed by atoms with Gasteiger partial charge in [0.25, 0.3) is 0 Å². The van der Waals surface area contributed by atoms with Gasteiger partial charge in [-0.25, -0.2) is 9.37 Å². The Morgan fingerprint density at radius 1 is 1.30 bits per heavy atom. The first kappa shape index (κ1) is 20.1. The Morgan fingerprint density at radius 2 is 2.17 bits per heavy atom. The molecular weight excluding hydrogens is 383 g/mol. The number of pyridine rings is 1. The number of H-pyrrole nitrogens is 1. The van der Waals surface area contributed by atoms with Crippen LogP contribution >= 0.6 is 0 Å². The lowest BCUT2D eigenvalue weighted by atomic mass is 10.0. The number of benzene rings is 1. The van der Waals surface area contributed by atoms with Gasteiger partial charge in [0.1, 0.15) is 17.2 Å². The number of fused-ring (bicyclic) bond motifs is 1. The smallest absolute Gasteiger partial charge is 0.216 e. The van der Waals surface area contributed by atoms with E-state index in [1.54, 1.807) is 19.4 Å². The lowest BCUT2D eigenvalue weighted by Crippen LogP contribution is -2.36. The van der Waals surface area contributed by atoms with Gasteiger partial charge in [0, 0.05) is 55.9 Å². The van der Waals surface area contributed by atoms with E-state index in [-0.39, 0.29) is 11.7 Å². The van der Waals surface area contributed by atoms with Crippen molar-refractivity contribution in [2.45, 2.75) is 13.3 Å². The second-order valence-electron chi connectivity index (χ2n) is 7.41. The van der Waals surface area contributed by atoms with Crippen LogP contribution in [-0.4, -0.2) is 54.1 Å². The zero-order valence-electron chi connectivity index (χ0n) is 17.2. The van der Waals surface area contributed by atoms with Crippen molar-refractivity contribution in [3.63, 3.8) is 0 Å². The fraction of sp³-hybridized carbons (Fsp3) is 0.304. The molecule has 0 aliphatic carbocycles. The van der Waals surface area contributed by atoms with E-state index >= 15 is 0 Å². The summed E-state index contributed by atoms with van der Waals surface area (Å²) < 4.78 is 19.4. The Morgan fingerprint density at radius 3 is 2.90 bits per heavy atom. The molecule has 0 spiro atoms. The van der Waals surface area contributed by atoms with Crippen LogP contribution in [0.5, 0.6) is 5.75 Å². The zero-order chi connectivity index (χ0) is 21.1. The minimum Gasteiger partial charge on any atom is -0.496 e. The number of hydrogen-bond donors (Lipinski definition) is 2. The van der Waals surface area contributed by atoms with Gasteiger partial charge in [-0.05, 0) is 47.9 Å². The molecule has 30 heavy (non-hydrogen) atoms. The molecule has 4 rings (SSSR count). The Balaban J connectivity index is 1.60. The lowest BCUT2D eigenvalue weighted by Gasteiger charge is -2.25. The second kappa shape index (κ2) is 8.67. The normalized spacial score (nSPS) is 14.6. The SMILES string of the molecule is COc1ccc(F)cc1-c1ccnc2[nH]c(C3=CCN(CCNC(C)=O)CC3)cc12. The number of aromatic amines is 1. The van der Waals surface area contributed by atoms with Crippen LogP contribution in [-0.2, 0) is 4.79 Å². The van der Waals surface area contributed by atoms with Crippen molar-refractivity contribution < 1.29 is 13.9 Å². The van der Waals surface area contributed by atoms with Gasteiger partial charge >= 0.3 is 0 Å². The van der Waals surface area contributed by atoms with E-state index in [2.05, 4.69) is 32.3 Å². The number of rotatable bonds is 6. The van der Waals surface area contributed by atoms with Crippen molar-refractivity contribution in [3.05, 3.63) is 54.1 Å². The van der Waals surface area contributed by atoms with E-state index in [4.69, 9.17) is 4.74 Å². The van der Waals surface area contributed by atoms with Crippen molar-refractivity contribution in [3.8, 4) is 16.9 Å². The quantitative estimate of drug-likeness (QED) is 0.654. The molecule has 1 aliphatic rings.